The van der Waals surface area contributed by atoms with Crippen LogP contribution in [0.5, 0.6) is 0 Å². The molecule has 4 fully saturated rings. The number of para-hydroxylation sites is 2. The third-order valence-electron chi connectivity index (χ3n) is 6.82. The summed E-state index contributed by atoms with van der Waals surface area (Å²) in [6.45, 7) is -0.389. The van der Waals surface area contributed by atoms with Crippen molar-refractivity contribution in [2.24, 2.45) is 17.3 Å². The predicted octanol–water partition coefficient (Wildman–Crippen LogP) is 3.25. The Morgan fingerprint density at radius 2 is 1.89 bits per heavy atom. The Hall–Kier alpha value is -1.89. The van der Waals surface area contributed by atoms with Crippen molar-refractivity contribution in [2.75, 3.05) is 23.4 Å². The van der Waals surface area contributed by atoms with Crippen molar-refractivity contribution in [3.05, 3.63) is 24.3 Å². The zero-order valence-corrected chi connectivity index (χ0v) is 17.2. The van der Waals surface area contributed by atoms with Gasteiger partial charge in [0.15, 0.2) is 6.61 Å². The average Bonchev–Trinajstić information content (AvgIpc) is 2.63. The number of nitrogens with one attached hydrogen (secondary N) is 1. The van der Waals surface area contributed by atoms with Gasteiger partial charge in [-0.05, 0) is 62.5 Å². The molecule has 2 unspecified atom stereocenters. The van der Waals surface area contributed by atoms with Crippen LogP contribution in [-0.2, 0) is 19.1 Å². The Morgan fingerprint density at radius 1 is 1.18 bits per heavy atom. The van der Waals surface area contributed by atoms with Crippen molar-refractivity contribution in [1.29, 1.82) is 0 Å². The Kier molecular flexibility index (Phi) is 4.09. The minimum absolute atomic E-state index is 0.0595. The number of anilines is 2. The predicted molar refractivity (Wildman–Crippen MR) is 107 cm³/mol. The van der Waals surface area contributed by atoms with Gasteiger partial charge in [-0.1, -0.05) is 28.1 Å². The minimum Gasteiger partial charge on any atom is -0.455 e. The molecule has 1 aliphatic heterocycles. The SMILES string of the molecule is O=C1CN(C(=O)COC(=O)C23C[C@@H]4C[C@@H](CC(Br)(C4)C2)C3)c2ccccc2N1. The highest BCUT2D eigenvalue weighted by Crippen LogP contribution is 2.64. The molecule has 6 nitrogen and oxygen atoms in total. The number of carbonyl (C=O) groups is 3. The molecular formula is C21H23BrN2O4. The van der Waals surface area contributed by atoms with Gasteiger partial charge >= 0.3 is 5.97 Å². The Labute approximate surface area is 172 Å². The first-order valence-corrected chi connectivity index (χ1v) is 10.7. The zero-order chi connectivity index (χ0) is 19.5. The van der Waals surface area contributed by atoms with Gasteiger partial charge in [0.25, 0.3) is 5.91 Å². The second kappa shape index (κ2) is 6.31. The van der Waals surface area contributed by atoms with Crippen LogP contribution in [-0.4, -0.2) is 35.3 Å². The van der Waals surface area contributed by atoms with Crippen molar-refractivity contribution in [2.45, 2.75) is 42.8 Å². The van der Waals surface area contributed by atoms with E-state index in [9.17, 15) is 14.4 Å². The van der Waals surface area contributed by atoms with E-state index < -0.39 is 5.41 Å². The van der Waals surface area contributed by atoms with E-state index in [2.05, 4.69) is 21.2 Å². The van der Waals surface area contributed by atoms with Crippen LogP contribution in [0.4, 0.5) is 11.4 Å². The smallest absolute Gasteiger partial charge is 0.312 e. The molecule has 4 saturated carbocycles. The molecule has 2 amide bonds. The number of alkyl halides is 1. The van der Waals surface area contributed by atoms with Gasteiger partial charge in [0.2, 0.25) is 5.91 Å². The summed E-state index contributed by atoms with van der Waals surface area (Å²) in [5.74, 6) is 0.284. The second-order valence-electron chi connectivity index (χ2n) is 9.01. The molecule has 4 atom stereocenters. The lowest BCUT2D eigenvalue weighted by Gasteiger charge is -2.58. The van der Waals surface area contributed by atoms with Gasteiger partial charge < -0.3 is 10.1 Å². The molecule has 148 valence electrons. The van der Waals surface area contributed by atoms with Crippen LogP contribution in [0.2, 0.25) is 0 Å². The third-order valence-corrected chi connectivity index (χ3v) is 7.75. The number of fused-ring (bicyclic) bond motifs is 1. The molecule has 1 heterocycles. The fourth-order valence-electron chi connectivity index (χ4n) is 6.20. The topological polar surface area (TPSA) is 75.7 Å². The van der Waals surface area contributed by atoms with Crippen molar-refractivity contribution in [1.82, 2.24) is 0 Å². The van der Waals surface area contributed by atoms with Crippen LogP contribution in [0.15, 0.2) is 24.3 Å². The summed E-state index contributed by atoms with van der Waals surface area (Å²) in [5, 5.41) is 2.76. The number of halogens is 1. The summed E-state index contributed by atoms with van der Waals surface area (Å²) >= 11 is 3.90. The van der Waals surface area contributed by atoms with Crippen molar-refractivity contribution in [3.8, 4) is 0 Å². The first-order valence-electron chi connectivity index (χ1n) is 9.91. The fourth-order valence-corrected chi connectivity index (χ4v) is 7.66. The molecule has 28 heavy (non-hydrogen) atoms. The number of benzene rings is 1. The molecule has 4 aliphatic carbocycles. The Bertz CT molecular complexity index is 856. The van der Waals surface area contributed by atoms with Gasteiger partial charge in [-0.3, -0.25) is 19.3 Å². The summed E-state index contributed by atoms with van der Waals surface area (Å²) in [6, 6.07) is 7.15. The Balaban J connectivity index is 1.29. The normalized spacial score (nSPS) is 35.3. The summed E-state index contributed by atoms with van der Waals surface area (Å²) in [7, 11) is 0. The molecule has 6 rings (SSSR count). The van der Waals surface area contributed by atoms with Crippen molar-refractivity contribution >= 4 is 45.1 Å². The van der Waals surface area contributed by atoms with Gasteiger partial charge in [-0.15, -0.1) is 0 Å². The van der Waals surface area contributed by atoms with E-state index in [4.69, 9.17) is 4.74 Å². The summed E-state index contributed by atoms with van der Waals surface area (Å²) in [4.78, 5) is 39.1. The van der Waals surface area contributed by atoms with Gasteiger partial charge in [-0.2, -0.15) is 0 Å². The van der Waals surface area contributed by atoms with E-state index >= 15 is 0 Å². The number of carbonyl (C=O) groups excluding carboxylic acids is 3. The molecular weight excluding hydrogens is 424 g/mol. The maximum atomic E-state index is 13.0. The maximum absolute atomic E-state index is 13.0. The summed E-state index contributed by atoms with van der Waals surface area (Å²) in [5.41, 5.74) is 0.781. The second-order valence-corrected chi connectivity index (χ2v) is 10.7. The fraction of sp³-hybridized carbons (Fsp3) is 0.571. The quantitative estimate of drug-likeness (QED) is 0.570. The van der Waals surface area contributed by atoms with Crippen LogP contribution in [0.1, 0.15) is 38.5 Å². The molecule has 4 bridgehead atoms. The van der Waals surface area contributed by atoms with E-state index in [1.807, 2.05) is 6.07 Å². The van der Waals surface area contributed by atoms with Crippen LogP contribution < -0.4 is 10.2 Å². The lowest BCUT2D eigenvalue weighted by atomic mass is 9.49. The standard InChI is InChI=1S/C21H23BrN2O4/c22-21-8-13-5-14(9-21)7-20(6-13,12-21)19(27)28-11-18(26)24-10-17(25)23-15-3-1-2-4-16(15)24/h1-4,13-14H,5-12H2,(H,23,25)/t13-,14+,20?,21?. The Morgan fingerprint density at radius 3 is 2.61 bits per heavy atom. The van der Waals surface area contributed by atoms with E-state index in [0.717, 1.165) is 32.1 Å². The van der Waals surface area contributed by atoms with Gasteiger partial charge in [-0.25, -0.2) is 0 Å². The minimum atomic E-state index is -0.453. The molecule has 5 aliphatic rings. The van der Waals surface area contributed by atoms with Gasteiger partial charge in [0, 0.05) is 4.32 Å². The van der Waals surface area contributed by atoms with E-state index in [1.54, 1.807) is 18.2 Å². The highest BCUT2D eigenvalue weighted by molar-refractivity contribution is 9.10. The zero-order valence-electron chi connectivity index (χ0n) is 15.6. The highest BCUT2D eigenvalue weighted by Gasteiger charge is 2.60. The lowest BCUT2D eigenvalue weighted by Crippen LogP contribution is -2.56. The number of rotatable bonds is 3. The van der Waals surface area contributed by atoms with Crippen LogP contribution in [0.3, 0.4) is 0 Å². The molecule has 0 spiro atoms. The number of esters is 1. The molecule has 0 radical (unpaired) electrons. The molecule has 0 aromatic heterocycles. The lowest BCUT2D eigenvalue weighted by molar-refractivity contribution is -0.171. The van der Waals surface area contributed by atoms with E-state index in [0.29, 0.717) is 23.2 Å². The number of hydrogen-bond acceptors (Lipinski definition) is 4. The van der Waals surface area contributed by atoms with Gasteiger partial charge in [0.1, 0.15) is 6.54 Å². The third kappa shape index (κ3) is 2.95. The van der Waals surface area contributed by atoms with E-state index in [-0.39, 0.29) is 35.3 Å². The molecule has 1 N–H and O–H groups in total. The summed E-state index contributed by atoms with van der Waals surface area (Å²) < 4.78 is 5.61. The molecule has 1 aromatic rings. The van der Waals surface area contributed by atoms with Crippen LogP contribution in [0, 0.1) is 17.3 Å². The maximum Gasteiger partial charge on any atom is 0.312 e. The van der Waals surface area contributed by atoms with Crippen molar-refractivity contribution in [3.63, 3.8) is 0 Å². The number of amides is 2. The van der Waals surface area contributed by atoms with Crippen molar-refractivity contribution < 1.29 is 19.1 Å². The largest absolute Gasteiger partial charge is 0.455 e. The molecule has 7 heteroatoms. The first-order chi connectivity index (χ1) is 13.4. The summed E-state index contributed by atoms with van der Waals surface area (Å²) in [6.07, 6.45) is 6.03. The monoisotopic (exact) mass is 446 g/mol. The number of hydrogen-bond donors (Lipinski definition) is 1. The first kappa shape index (κ1) is 18.2. The highest BCUT2D eigenvalue weighted by atomic mass is 79.9. The average molecular weight is 447 g/mol. The van der Waals surface area contributed by atoms with Crippen LogP contribution >= 0.6 is 15.9 Å². The number of nitrogens with zero attached hydrogens (tertiary/aromatic N) is 1. The number of ether oxygens (including phenoxy) is 1. The molecule has 0 saturated heterocycles. The van der Waals surface area contributed by atoms with E-state index in [1.165, 1.54) is 11.3 Å². The molecule has 1 aromatic carbocycles. The van der Waals surface area contributed by atoms with Crippen LogP contribution in [0.25, 0.3) is 0 Å². The van der Waals surface area contributed by atoms with Gasteiger partial charge in [0.05, 0.1) is 16.8 Å².